The lowest BCUT2D eigenvalue weighted by atomic mass is 10.2. The van der Waals surface area contributed by atoms with Gasteiger partial charge in [0.25, 0.3) is 0 Å². The van der Waals surface area contributed by atoms with Gasteiger partial charge in [0.2, 0.25) is 11.8 Å². The van der Waals surface area contributed by atoms with Gasteiger partial charge in [-0.1, -0.05) is 12.1 Å². The van der Waals surface area contributed by atoms with Gasteiger partial charge in [0.15, 0.2) is 25.2 Å². The van der Waals surface area contributed by atoms with Crippen LogP contribution in [-0.4, -0.2) is 20.2 Å². The summed E-state index contributed by atoms with van der Waals surface area (Å²) in [4.78, 5) is 9.01. The molecule has 0 saturated heterocycles. The molecule has 0 bridgehead atoms. The monoisotopic (exact) mass is 393 g/mol. The summed E-state index contributed by atoms with van der Waals surface area (Å²) in [7, 11) is 0. The molecule has 1 N–H and O–H groups in total. The van der Waals surface area contributed by atoms with E-state index in [-0.39, 0.29) is 13.2 Å². The van der Waals surface area contributed by atoms with Crippen LogP contribution in [0.4, 0.5) is 0 Å². The average molecular weight is 393 g/mol. The van der Waals surface area contributed by atoms with Crippen molar-refractivity contribution in [1.29, 1.82) is 0 Å². The van der Waals surface area contributed by atoms with Crippen LogP contribution in [0.1, 0.15) is 11.8 Å². The van der Waals surface area contributed by atoms with Crippen LogP contribution >= 0.6 is 11.3 Å². The van der Waals surface area contributed by atoms with Gasteiger partial charge in [-0.15, -0.1) is 11.3 Å². The smallest absolute Gasteiger partial charge is 0.232 e. The first-order valence-electron chi connectivity index (χ1n) is 8.39. The van der Waals surface area contributed by atoms with Gasteiger partial charge in [0, 0.05) is 10.1 Å². The molecular weight excluding hydrogens is 380 g/mol. The van der Waals surface area contributed by atoms with Crippen LogP contribution in [0.25, 0.3) is 20.7 Å². The van der Waals surface area contributed by atoms with Crippen LogP contribution in [0.15, 0.2) is 58.0 Å². The van der Waals surface area contributed by atoms with Crippen LogP contribution in [0.2, 0.25) is 0 Å². The standard InChI is InChI=1S/C19H13N4O4S/c1-2-4-14-12(3-1)18(27-11-16-21-6-8-25-16)19(28-14)17-13(9-22-23-17)26-10-15-20-5-7-24-15/h1-8H,10-11H2,(H,22,23). The molecule has 0 aliphatic carbocycles. The van der Waals surface area contributed by atoms with E-state index in [1.54, 1.807) is 23.7 Å². The molecule has 8 nitrogen and oxygen atoms in total. The molecule has 1 radical (unpaired) electrons. The zero-order valence-electron chi connectivity index (χ0n) is 14.4. The molecule has 5 rings (SSSR count). The summed E-state index contributed by atoms with van der Waals surface area (Å²) in [6.07, 6.45) is 9.00. The molecule has 0 saturated carbocycles. The summed E-state index contributed by atoms with van der Waals surface area (Å²) in [6.45, 7) is 0.387. The van der Waals surface area contributed by atoms with Gasteiger partial charge in [-0.3, -0.25) is 5.10 Å². The van der Waals surface area contributed by atoms with E-state index in [1.165, 1.54) is 12.5 Å². The van der Waals surface area contributed by atoms with Crippen LogP contribution in [0, 0.1) is 6.20 Å². The second-order valence-electron chi connectivity index (χ2n) is 5.73. The molecule has 0 spiro atoms. The lowest BCUT2D eigenvalue weighted by molar-refractivity contribution is 0.262. The van der Waals surface area contributed by atoms with Crippen molar-refractivity contribution in [1.82, 2.24) is 20.2 Å². The number of ether oxygens (including phenoxy) is 2. The zero-order chi connectivity index (χ0) is 18.8. The summed E-state index contributed by atoms with van der Waals surface area (Å²) in [5.74, 6) is 2.14. The van der Waals surface area contributed by atoms with Crippen LogP contribution in [0.3, 0.4) is 0 Å². The Kier molecular flexibility index (Phi) is 4.26. The summed E-state index contributed by atoms with van der Waals surface area (Å²) >= 11 is 1.57. The molecule has 9 heteroatoms. The van der Waals surface area contributed by atoms with Crippen molar-refractivity contribution in [3.05, 3.63) is 67.2 Å². The van der Waals surface area contributed by atoms with E-state index in [0.29, 0.717) is 29.0 Å². The topological polar surface area (TPSA) is 99.2 Å². The first-order valence-corrected chi connectivity index (χ1v) is 9.20. The molecule has 0 atom stereocenters. The molecule has 28 heavy (non-hydrogen) atoms. The predicted molar refractivity (Wildman–Crippen MR) is 99.9 cm³/mol. The minimum atomic E-state index is 0.174. The molecular formula is C19H13N4O4S. The third-order valence-corrected chi connectivity index (χ3v) is 5.15. The van der Waals surface area contributed by atoms with Crippen LogP contribution < -0.4 is 9.47 Å². The minimum absolute atomic E-state index is 0.174. The Bertz CT molecular complexity index is 1180. The van der Waals surface area contributed by atoms with Crippen molar-refractivity contribution in [3.8, 4) is 22.1 Å². The highest BCUT2D eigenvalue weighted by atomic mass is 32.1. The number of rotatable bonds is 7. The Hall–Kier alpha value is -3.59. The Morgan fingerprint density at radius 2 is 1.75 bits per heavy atom. The Labute approximate surface area is 162 Å². The maximum Gasteiger partial charge on any atom is 0.232 e. The average Bonchev–Trinajstić information content (AvgIpc) is 3.52. The van der Waals surface area contributed by atoms with Crippen LogP contribution in [0.5, 0.6) is 11.5 Å². The van der Waals surface area contributed by atoms with E-state index in [0.717, 1.165) is 15.0 Å². The summed E-state index contributed by atoms with van der Waals surface area (Å²) in [5, 5.41) is 7.96. The van der Waals surface area contributed by atoms with E-state index in [1.807, 2.05) is 24.3 Å². The van der Waals surface area contributed by atoms with E-state index in [9.17, 15) is 0 Å². The highest BCUT2D eigenvalue weighted by Crippen LogP contribution is 2.46. The molecule has 0 fully saturated rings. The number of nitrogens with zero attached hydrogens (tertiary/aromatic N) is 3. The fourth-order valence-corrected chi connectivity index (χ4v) is 3.88. The van der Waals surface area contributed by atoms with Crippen molar-refractivity contribution < 1.29 is 18.3 Å². The summed E-state index contributed by atoms with van der Waals surface area (Å²) in [6, 6.07) is 8.00. The highest BCUT2D eigenvalue weighted by Gasteiger charge is 2.21. The van der Waals surface area contributed by atoms with Gasteiger partial charge >= 0.3 is 0 Å². The maximum absolute atomic E-state index is 6.07. The Morgan fingerprint density at radius 1 is 1.00 bits per heavy atom. The van der Waals surface area contributed by atoms with Crippen molar-refractivity contribution in [2.24, 2.45) is 0 Å². The molecule has 0 aliphatic rings. The second-order valence-corrected chi connectivity index (χ2v) is 6.78. The summed E-state index contributed by atoms with van der Waals surface area (Å²) < 4.78 is 23.4. The van der Waals surface area contributed by atoms with Gasteiger partial charge in [-0.25, -0.2) is 9.97 Å². The van der Waals surface area contributed by atoms with Crippen molar-refractivity contribution in [3.63, 3.8) is 0 Å². The minimum Gasteiger partial charge on any atom is -0.482 e. The van der Waals surface area contributed by atoms with Gasteiger partial charge in [0.1, 0.15) is 24.0 Å². The van der Waals surface area contributed by atoms with E-state index < -0.39 is 0 Å². The lowest BCUT2D eigenvalue weighted by Crippen LogP contribution is -1.98. The number of hydrogen-bond donors (Lipinski definition) is 1. The lowest BCUT2D eigenvalue weighted by Gasteiger charge is -2.07. The SMILES string of the molecule is [c]1n[nH]c(-c2sc3ccccc3c2OCc2ncco2)c1OCc1ncco1. The number of hydrogen-bond acceptors (Lipinski definition) is 8. The van der Waals surface area contributed by atoms with Crippen LogP contribution in [-0.2, 0) is 13.2 Å². The first kappa shape index (κ1) is 16.6. The molecule has 1 aromatic carbocycles. The molecule has 4 heterocycles. The molecule has 0 unspecified atom stereocenters. The third kappa shape index (κ3) is 3.12. The number of thiophene rings is 1. The van der Waals surface area contributed by atoms with E-state index in [4.69, 9.17) is 18.3 Å². The molecule has 139 valence electrons. The third-order valence-electron chi connectivity index (χ3n) is 3.98. The quantitative estimate of drug-likeness (QED) is 0.442. The van der Waals surface area contributed by atoms with E-state index in [2.05, 4.69) is 26.4 Å². The molecule has 5 aromatic rings. The fourth-order valence-electron chi connectivity index (χ4n) is 2.75. The maximum atomic E-state index is 6.07. The van der Waals surface area contributed by atoms with Gasteiger partial charge < -0.3 is 18.3 Å². The number of aromatic amines is 1. The number of fused-ring (bicyclic) bond motifs is 1. The normalized spacial score (nSPS) is 11.1. The number of nitrogens with one attached hydrogen (secondary N) is 1. The summed E-state index contributed by atoms with van der Waals surface area (Å²) in [5.41, 5.74) is 0.676. The van der Waals surface area contributed by atoms with E-state index >= 15 is 0 Å². The molecule has 0 aliphatic heterocycles. The predicted octanol–water partition coefficient (Wildman–Crippen LogP) is 4.23. The van der Waals surface area contributed by atoms with Gasteiger partial charge in [-0.2, -0.15) is 5.10 Å². The zero-order valence-corrected chi connectivity index (χ0v) is 15.2. The first-order chi connectivity index (χ1) is 13.9. The molecule has 0 amide bonds. The fraction of sp³-hybridized carbons (Fsp3) is 0.105. The Balaban J connectivity index is 1.50. The largest absolute Gasteiger partial charge is 0.482 e. The number of benzene rings is 1. The van der Waals surface area contributed by atoms with Gasteiger partial charge in [0.05, 0.1) is 17.3 Å². The van der Waals surface area contributed by atoms with Crippen molar-refractivity contribution in [2.75, 3.05) is 0 Å². The number of oxazole rings is 2. The highest BCUT2D eigenvalue weighted by molar-refractivity contribution is 7.22. The molecule has 4 aromatic heterocycles. The second kappa shape index (κ2) is 7.20. The van der Waals surface area contributed by atoms with Crippen molar-refractivity contribution in [2.45, 2.75) is 13.2 Å². The van der Waals surface area contributed by atoms with Crippen molar-refractivity contribution >= 4 is 21.4 Å². The van der Waals surface area contributed by atoms with Gasteiger partial charge in [-0.05, 0) is 12.1 Å². The number of H-pyrrole nitrogens is 1. The number of aromatic nitrogens is 4. The Morgan fingerprint density at radius 3 is 2.50 bits per heavy atom.